The van der Waals surface area contributed by atoms with E-state index in [2.05, 4.69) is 35.4 Å². The summed E-state index contributed by atoms with van der Waals surface area (Å²) in [6.07, 6.45) is 2.55. The van der Waals surface area contributed by atoms with Gasteiger partial charge in [-0.15, -0.1) is 10.2 Å². The molecular weight excluding hydrogens is 366 g/mol. The molecule has 0 unspecified atom stereocenters. The number of nitrogens with zero attached hydrogens (tertiary/aromatic N) is 4. The molecule has 0 radical (unpaired) electrons. The maximum Gasteiger partial charge on any atom is 0.322 e. The molecule has 1 N–H and O–H groups in total. The molecule has 29 heavy (non-hydrogen) atoms. The molecule has 7 nitrogen and oxygen atoms in total. The number of para-hydroxylation sites is 1. The van der Waals surface area contributed by atoms with Gasteiger partial charge in [0.1, 0.15) is 12.1 Å². The molecule has 150 valence electrons. The molecule has 2 amide bonds. The zero-order chi connectivity index (χ0) is 20.4. The molecule has 3 aromatic rings. The molecule has 1 aromatic heterocycles. The molecule has 0 saturated heterocycles. The van der Waals surface area contributed by atoms with Crippen molar-refractivity contribution in [2.45, 2.75) is 32.9 Å². The highest BCUT2D eigenvalue weighted by atomic mass is 16.5. The number of urea groups is 1. The van der Waals surface area contributed by atoms with Crippen LogP contribution < -0.4 is 10.1 Å². The van der Waals surface area contributed by atoms with Crippen molar-refractivity contribution in [1.29, 1.82) is 0 Å². The Morgan fingerprint density at radius 3 is 2.79 bits per heavy atom. The fourth-order valence-electron chi connectivity index (χ4n) is 3.63. The Bertz CT molecular complexity index is 1030. The summed E-state index contributed by atoms with van der Waals surface area (Å²) in [6.45, 7) is 5.39. The van der Waals surface area contributed by atoms with Crippen LogP contribution in [0.5, 0.6) is 5.75 Å². The van der Waals surface area contributed by atoms with Gasteiger partial charge in [0.15, 0.2) is 5.82 Å². The van der Waals surface area contributed by atoms with Gasteiger partial charge in [-0.3, -0.25) is 0 Å². The number of carbonyl (C=O) groups excluding carboxylic acids is 1. The summed E-state index contributed by atoms with van der Waals surface area (Å²) in [5, 5.41) is 11.4. The first-order valence-electron chi connectivity index (χ1n) is 9.77. The number of benzene rings is 2. The van der Waals surface area contributed by atoms with E-state index in [1.54, 1.807) is 13.4 Å². The molecule has 0 atom stereocenters. The largest absolute Gasteiger partial charge is 0.497 e. The molecule has 4 rings (SSSR count). The van der Waals surface area contributed by atoms with E-state index in [0.29, 0.717) is 13.1 Å². The Hall–Kier alpha value is -3.35. The Kier molecular flexibility index (Phi) is 5.20. The molecule has 0 fully saturated rings. The predicted octanol–water partition coefficient (Wildman–Crippen LogP) is 4.12. The highest BCUT2D eigenvalue weighted by Crippen LogP contribution is 2.29. The van der Waals surface area contributed by atoms with E-state index in [1.807, 2.05) is 45.9 Å². The summed E-state index contributed by atoms with van der Waals surface area (Å²) in [5.41, 5.74) is 3.97. The summed E-state index contributed by atoms with van der Waals surface area (Å²) in [7, 11) is 1.65. The lowest BCUT2D eigenvalue weighted by molar-refractivity contribution is 0.206. The first kappa shape index (κ1) is 19.0. The quantitative estimate of drug-likeness (QED) is 0.726. The van der Waals surface area contributed by atoms with E-state index < -0.39 is 0 Å². The molecule has 0 bridgehead atoms. The number of aromatic nitrogens is 3. The van der Waals surface area contributed by atoms with Gasteiger partial charge in [-0.2, -0.15) is 0 Å². The minimum absolute atomic E-state index is 0.124. The Morgan fingerprint density at radius 2 is 2.00 bits per heavy atom. The molecule has 0 saturated carbocycles. The van der Waals surface area contributed by atoms with Gasteiger partial charge < -0.3 is 19.5 Å². The van der Waals surface area contributed by atoms with Gasteiger partial charge in [0.25, 0.3) is 0 Å². The van der Waals surface area contributed by atoms with Crippen molar-refractivity contribution in [3.05, 3.63) is 59.9 Å². The van der Waals surface area contributed by atoms with Gasteiger partial charge in [0, 0.05) is 24.7 Å². The second-order valence-electron chi connectivity index (χ2n) is 7.44. The minimum atomic E-state index is -0.124. The lowest BCUT2D eigenvalue weighted by Crippen LogP contribution is -2.39. The van der Waals surface area contributed by atoms with Crippen LogP contribution in [0, 0.1) is 0 Å². The molecule has 0 aliphatic carbocycles. The van der Waals surface area contributed by atoms with Gasteiger partial charge in [-0.1, -0.05) is 18.2 Å². The normalized spacial score (nSPS) is 13.3. The van der Waals surface area contributed by atoms with E-state index in [1.165, 1.54) is 5.56 Å². The lowest BCUT2D eigenvalue weighted by atomic mass is 10.00. The van der Waals surface area contributed by atoms with Gasteiger partial charge in [-0.05, 0) is 55.7 Å². The van der Waals surface area contributed by atoms with Gasteiger partial charge >= 0.3 is 6.03 Å². The molecule has 0 spiro atoms. The van der Waals surface area contributed by atoms with Gasteiger partial charge in [-0.25, -0.2) is 4.79 Å². The minimum Gasteiger partial charge on any atom is -0.497 e. The maximum atomic E-state index is 13.0. The highest BCUT2D eigenvalue weighted by molar-refractivity contribution is 5.93. The van der Waals surface area contributed by atoms with Crippen LogP contribution in [-0.2, 0) is 13.0 Å². The first-order chi connectivity index (χ1) is 14.1. The van der Waals surface area contributed by atoms with Crippen LogP contribution in [0.2, 0.25) is 0 Å². The van der Waals surface area contributed by atoms with E-state index in [0.717, 1.165) is 34.8 Å². The van der Waals surface area contributed by atoms with E-state index >= 15 is 0 Å². The standard InChI is InChI=1S/C22H25N5O2/c1-15(2)27-14-23-25-21(27)19-6-4-5-7-20(19)24-22(28)26-11-10-16-8-9-18(29-3)12-17(16)13-26/h4-9,12,14-15H,10-11,13H2,1-3H3,(H,24,28). The molecular formula is C22H25N5O2. The molecule has 7 heteroatoms. The van der Waals surface area contributed by atoms with E-state index in [-0.39, 0.29) is 12.1 Å². The van der Waals surface area contributed by atoms with E-state index in [9.17, 15) is 4.79 Å². The van der Waals surface area contributed by atoms with Crippen LogP contribution in [0.1, 0.15) is 31.0 Å². The lowest BCUT2D eigenvalue weighted by Gasteiger charge is -2.29. The maximum absolute atomic E-state index is 13.0. The molecule has 1 aliphatic rings. The third-order valence-electron chi connectivity index (χ3n) is 5.25. The fraction of sp³-hybridized carbons (Fsp3) is 0.318. The average molecular weight is 391 g/mol. The van der Waals surface area contributed by atoms with Crippen molar-refractivity contribution in [2.24, 2.45) is 0 Å². The third kappa shape index (κ3) is 3.81. The van der Waals surface area contributed by atoms with Crippen LogP contribution >= 0.6 is 0 Å². The fourth-order valence-corrected chi connectivity index (χ4v) is 3.63. The topological polar surface area (TPSA) is 72.3 Å². The van der Waals surface area contributed by atoms with Crippen LogP contribution in [0.3, 0.4) is 0 Å². The number of rotatable bonds is 4. The molecule has 2 heterocycles. The Balaban J connectivity index is 1.56. The zero-order valence-corrected chi connectivity index (χ0v) is 16.9. The molecule has 1 aliphatic heterocycles. The zero-order valence-electron chi connectivity index (χ0n) is 16.9. The SMILES string of the molecule is COc1ccc2c(c1)CN(C(=O)Nc1ccccc1-c1nncn1C(C)C)CC2. The first-order valence-corrected chi connectivity index (χ1v) is 9.77. The van der Waals surface area contributed by atoms with E-state index in [4.69, 9.17) is 4.74 Å². The monoisotopic (exact) mass is 391 g/mol. The molecule has 2 aromatic carbocycles. The number of fused-ring (bicyclic) bond motifs is 1. The van der Waals surface area contributed by atoms with Crippen molar-refractivity contribution in [3.8, 4) is 17.1 Å². The second kappa shape index (κ2) is 7.95. The number of carbonyl (C=O) groups is 1. The summed E-state index contributed by atoms with van der Waals surface area (Å²) in [4.78, 5) is 14.8. The summed E-state index contributed by atoms with van der Waals surface area (Å²) < 4.78 is 7.32. The van der Waals surface area contributed by atoms with Crippen molar-refractivity contribution >= 4 is 11.7 Å². The van der Waals surface area contributed by atoms with Gasteiger partial charge in [0.2, 0.25) is 0 Å². The number of hydrogen-bond donors (Lipinski definition) is 1. The number of anilines is 1. The Morgan fingerprint density at radius 1 is 1.17 bits per heavy atom. The van der Waals surface area contributed by atoms with Crippen molar-refractivity contribution < 1.29 is 9.53 Å². The number of methoxy groups -OCH3 is 1. The van der Waals surface area contributed by atoms with Crippen LogP contribution in [0.4, 0.5) is 10.5 Å². The number of ether oxygens (including phenoxy) is 1. The van der Waals surface area contributed by atoms with Crippen molar-refractivity contribution in [3.63, 3.8) is 0 Å². The highest BCUT2D eigenvalue weighted by Gasteiger charge is 2.22. The number of hydrogen-bond acceptors (Lipinski definition) is 4. The second-order valence-corrected chi connectivity index (χ2v) is 7.44. The van der Waals surface area contributed by atoms with Crippen LogP contribution in [-0.4, -0.2) is 39.4 Å². The Labute approximate surface area is 170 Å². The summed E-state index contributed by atoms with van der Waals surface area (Å²) in [5.74, 6) is 1.55. The van der Waals surface area contributed by atoms with Crippen LogP contribution in [0.15, 0.2) is 48.8 Å². The smallest absolute Gasteiger partial charge is 0.322 e. The van der Waals surface area contributed by atoms with Crippen molar-refractivity contribution in [1.82, 2.24) is 19.7 Å². The van der Waals surface area contributed by atoms with Crippen molar-refractivity contribution in [2.75, 3.05) is 19.0 Å². The predicted molar refractivity (Wildman–Crippen MR) is 112 cm³/mol. The van der Waals surface area contributed by atoms with Crippen LogP contribution in [0.25, 0.3) is 11.4 Å². The summed E-state index contributed by atoms with van der Waals surface area (Å²) in [6, 6.07) is 13.8. The average Bonchev–Trinajstić information content (AvgIpc) is 3.23. The summed E-state index contributed by atoms with van der Waals surface area (Å²) >= 11 is 0. The number of amides is 2. The third-order valence-corrected chi connectivity index (χ3v) is 5.25. The van der Waals surface area contributed by atoms with Gasteiger partial charge in [0.05, 0.1) is 12.8 Å². The number of nitrogens with one attached hydrogen (secondary N) is 1.